The van der Waals surface area contributed by atoms with Gasteiger partial charge in [0.2, 0.25) is 0 Å². The molecule has 3 heteroatoms. The van der Waals surface area contributed by atoms with Crippen molar-refractivity contribution in [2.75, 3.05) is 6.54 Å². The van der Waals surface area contributed by atoms with Gasteiger partial charge in [-0.05, 0) is 24.9 Å². The molecule has 0 saturated heterocycles. The molecular weight excluding hydrogens is 224 g/mol. The van der Waals surface area contributed by atoms with Crippen molar-refractivity contribution in [2.24, 2.45) is 0 Å². The van der Waals surface area contributed by atoms with E-state index in [-0.39, 0.29) is 11.8 Å². The molecule has 1 heterocycles. The van der Waals surface area contributed by atoms with Crippen LogP contribution < -0.4 is 5.32 Å². The van der Waals surface area contributed by atoms with E-state index in [9.17, 15) is 4.79 Å². The first-order valence-electron chi connectivity index (χ1n) is 6.31. The van der Waals surface area contributed by atoms with Crippen LogP contribution in [0.4, 0.5) is 0 Å². The third-order valence-corrected chi connectivity index (χ3v) is 3.03. The maximum atomic E-state index is 12.3. The summed E-state index contributed by atoms with van der Waals surface area (Å²) in [5.74, 6) is 0.181. The van der Waals surface area contributed by atoms with Crippen molar-refractivity contribution in [1.29, 1.82) is 0 Å². The number of benzene rings is 1. The number of Topliss-reactive ketones (excluding diaryl/α,β-unsaturated/α-hetero) is 1. The summed E-state index contributed by atoms with van der Waals surface area (Å²) in [5, 5.41) is 5.26. The Labute approximate surface area is 107 Å². The van der Waals surface area contributed by atoms with E-state index in [4.69, 9.17) is 0 Å². The Hall–Kier alpha value is -1.74. The van der Waals surface area contributed by atoms with Gasteiger partial charge in [0, 0.05) is 35.8 Å². The first-order chi connectivity index (χ1) is 8.72. The number of ketones is 1. The van der Waals surface area contributed by atoms with Gasteiger partial charge in [-0.1, -0.05) is 25.1 Å². The average molecular weight is 242 g/mol. The second kappa shape index (κ2) is 5.74. The fourth-order valence-electron chi connectivity index (χ4n) is 2.17. The fraction of sp³-hybridized carbons (Fsp3) is 0.333. The maximum absolute atomic E-state index is 12.3. The number of nitrogens with one attached hydrogen (secondary N) is 1. The predicted octanol–water partition coefficient (Wildman–Crippen LogP) is 2.81. The van der Waals surface area contributed by atoms with Crippen molar-refractivity contribution < 1.29 is 4.79 Å². The number of fused-ring (bicyclic) bond motifs is 1. The maximum Gasteiger partial charge on any atom is 0.165 e. The Morgan fingerprint density at radius 3 is 3.00 bits per heavy atom. The van der Waals surface area contributed by atoms with Crippen LogP contribution in [0.5, 0.6) is 0 Å². The van der Waals surface area contributed by atoms with Crippen LogP contribution in [0.3, 0.4) is 0 Å². The molecule has 3 nitrogen and oxygen atoms in total. The predicted molar refractivity (Wildman–Crippen MR) is 73.8 cm³/mol. The summed E-state index contributed by atoms with van der Waals surface area (Å²) < 4.78 is 0. The number of hydrogen-bond acceptors (Lipinski definition) is 3. The first-order valence-corrected chi connectivity index (χ1v) is 6.31. The van der Waals surface area contributed by atoms with Crippen LogP contribution in [0.15, 0.2) is 36.7 Å². The molecule has 0 aliphatic carbocycles. The molecule has 1 aromatic heterocycles. The second-order valence-corrected chi connectivity index (χ2v) is 4.49. The molecule has 0 saturated carbocycles. The van der Waals surface area contributed by atoms with E-state index in [0.29, 0.717) is 6.42 Å². The Balaban J connectivity index is 2.28. The van der Waals surface area contributed by atoms with Crippen LogP contribution in [-0.4, -0.2) is 23.4 Å². The smallest absolute Gasteiger partial charge is 0.165 e. The summed E-state index contributed by atoms with van der Waals surface area (Å²) in [5.41, 5.74) is 0.791. The highest BCUT2D eigenvalue weighted by atomic mass is 16.1. The summed E-state index contributed by atoms with van der Waals surface area (Å²) in [7, 11) is 0. The minimum Gasteiger partial charge on any atom is -0.314 e. The zero-order chi connectivity index (χ0) is 13.0. The average Bonchev–Trinajstić information content (AvgIpc) is 2.38. The summed E-state index contributed by atoms with van der Waals surface area (Å²) in [6, 6.07) is 7.89. The fourth-order valence-corrected chi connectivity index (χ4v) is 2.17. The molecule has 0 bridgehead atoms. The molecule has 0 aliphatic rings. The summed E-state index contributed by atoms with van der Waals surface area (Å²) in [6.45, 7) is 4.96. The van der Waals surface area contributed by atoms with Gasteiger partial charge in [-0.25, -0.2) is 0 Å². The third kappa shape index (κ3) is 2.74. The lowest BCUT2D eigenvalue weighted by Crippen LogP contribution is -2.28. The zero-order valence-electron chi connectivity index (χ0n) is 10.8. The molecule has 1 atom stereocenters. The molecule has 1 aromatic carbocycles. The molecule has 0 amide bonds. The van der Waals surface area contributed by atoms with Gasteiger partial charge >= 0.3 is 0 Å². The van der Waals surface area contributed by atoms with Crippen molar-refractivity contribution >= 4 is 16.6 Å². The van der Waals surface area contributed by atoms with E-state index in [1.54, 1.807) is 12.4 Å². The van der Waals surface area contributed by atoms with E-state index < -0.39 is 0 Å². The molecule has 0 radical (unpaired) electrons. The highest BCUT2D eigenvalue weighted by molar-refractivity contribution is 6.08. The number of carbonyl (C=O) groups is 1. The van der Waals surface area contributed by atoms with E-state index in [2.05, 4.69) is 10.3 Å². The molecule has 18 heavy (non-hydrogen) atoms. The SMILES string of the molecule is CCNC(C)CC(=O)c1cccc2cnccc12. The minimum absolute atomic E-state index is 0.181. The molecule has 2 aromatic rings. The quantitative estimate of drug-likeness (QED) is 0.820. The van der Waals surface area contributed by atoms with Crippen molar-refractivity contribution in [2.45, 2.75) is 26.3 Å². The Kier molecular flexibility index (Phi) is 4.05. The minimum atomic E-state index is 0.181. The lowest BCUT2D eigenvalue weighted by atomic mass is 9.99. The molecule has 0 spiro atoms. The molecule has 2 rings (SSSR count). The molecule has 0 aliphatic heterocycles. The van der Waals surface area contributed by atoms with E-state index >= 15 is 0 Å². The van der Waals surface area contributed by atoms with E-state index in [0.717, 1.165) is 22.9 Å². The molecule has 1 unspecified atom stereocenters. The number of carbonyl (C=O) groups excluding carboxylic acids is 1. The lowest BCUT2D eigenvalue weighted by Gasteiger charge is -2.12. The van der Waals surface area contributed by atoms with Gasteiger partial charge < -0.3 is 5.32 Å². The van der Waals surface area contributed by atoms with Crippen molar-refractivity contribution in [3.8, 4) is 0 Å². The third-order valence-electron chi connectivity index (χ3n) is 3.03. The number of hydrogen-bond donors (Lipinski definition) is 1. The summed E-state index contributed by atoms with van der Waals surface area (Å²) >= 11 is 0. The van der Waals surface area contributed by atoms with Crippen molar-refractivity contribution in [3.63, 3.8) is 0 Å². The Morgan fingerprint density at radius 2 is 2.22 bits per heavy atom. The monoisotopic (exact) mass is 242 g/mol. The lowest BCUT2D eigenvalue weighted by molar-refractivity contribution is 0.0973. The van der Waals surface area contributed by atoms with Gasteiger partial charge in [0.15, 0.2) is 5.78 Å². The van der Waals surface area contributed by atoms with Gasteiger partial charge in [0.1, 0.15) is 0 Å². The largest absolute Gasteiger partial charge is 0.314 e. The number of aromatic nitrogens is 1. The molecular formula is C15H18N2O. The second-order valence-electron chi connectivity index (χ2n) is 4.49. The van der Waals surface area contributed by atoms with Gasteiger partial charge in [0.25, 0.3) is 0 Å². The molecule has 94 valence electrons. The highest BCUT2D eigenvalue weighted by Crippen LogP contribution is 2.19. The summed E-state index contributed by atoms with van der Waals surface area (Å²) in [6.07, 6.45) is 4.04. The highest BCUT2D eigenvalue weighted by Gasteiger charge is 2.12. The van der Waals surface area contributed by atoms with Gasteiger partial charge in [-0.3, -0.25) is 9.78 Å². The van der Waals surface area contributed by atoms with Crippen LogP contribution in [0.2, 0.25) is 0 Å². The van der Waals surface area contributed by atoms with E-state index in [1.807, 2.05) is 38.1 Å². The zero-order valence-corrected chi connectivity index (χ0v) is 10.8. The van der Waals surface area contributed by atoms with Crippen LogP contribution in [0.1, 0.15) is 30.6 Å². The van der Waals surface area contributed by atoms with Gasteiger partial charge in [-0.2, -0.15) is 0 Å². The van der Waals surface area contributed by atoms with Crippen molar-refractivity contribution in [1.82, 2.24) is 10.3 Å². The van der Waals surface area contributed by atoms with Crippen molar-refractivity contribution in [3.05, 3.63) is 42.2 Å². The Bertz CT molecular complexity index is 546. The van der Waals surface area contributed by atoms with E-state index in [1.165, 1.54) is 0 Å². The molecule has 1 N–H and O–H groups in total. The number of nitrogens with zero attached hydrogens (tertiary/aromatic N) is 1. The normalized spacial score (nSPS) is 12.6. The standard InChI is InChI=1S/C15H18N2O/c1-3-17-11(2)9-15(18)14-6-4-5-12-10-16-8-7-13(12)14/h4-8,10-11,17H,3,9H2,1-2H3. The number of rotatable bonds is 5. The number of pyridine rings is 1. The van der Waals surface area contributed by atoms with Crippen LogP contribution in [0.25, 0.3) is 10.8 Å². The van der Waals surface area contributed by atoms with Gasteiger partial charge in [0.05, 0.1) is 0 Å². The topological polar surface area (TPSA) is 42.0 Å². The molecule has 0 fully saturated rings. The first kappa shape index (κ1) is 12.7. The summed E-state index contributed by atoms with van der Waals surface area (Å²) in [4.78, 5) is 16.4. The van der Waals surface area contributed by atoms with Gasteiger partial charge in [-0.15, -0.1) is 0 Å². The van der Waals surface area contributed by atoms with Crippen LogP contribution in [-0.2, 0) is 0 Å². The van der Waals surface area contributed by atoms with Crippen LogP contribution >= 0.6 is 0 Å². The Morgan fingerprint density at radius 1 is 1.39 bits per heavy atom. The van der Waals surface area contributed by atoms with Crippen LogP contribution in [0, 0.1) is 0 Å².